The molecule has 4 nitrogen and oxygen atoms in total. The number of hydrogen-bond acceptors (Lipinski definition) is 3. The van der Waals surface area contributed by atoms with Crippen molar-refractivity contribution in [3.05, 3.63) is 68.9 Å². The molecule has 1 aromatic carbocycles. The Hall–Kier alpha value is -2.21. The SMILES string of the molecule is Cc1cc(NCCn2cc(Br)ccc2=O)c2ccc(F)cc2n1. The summed E-state index contributed by atoms with van der Waals surface area (Å²) in [6.07, 6.45) is 1.76. The molecule has 3 aromatic rings. The maximum atomic E-state index is 13.4. The Kier molecular flexibility index (Phi) is 4.43. The third kappa shape index (κ3) is 3.59. The smallest absolute Gasteiger partial charge is 0.250 e. The van der Waals surface area contributed by atoms with Gasteiger partial charge >= 0.3 is 0 Å². The Morgan fingerprint density at radius 3 is 2.91 bits per heavy atom. The molecular weight excluding hydrogens is 361 g/mol. The maximum absolute atomic E-state index is 13.4. The average Bonchev–Trinajstić information content (AvgIpc) is 2.50. The van der Waals surface area contributed by atoms with E-state index in [9.17, 15) is 9.18 Å². The number of aryl methyl sites for hydroxylation is 1. The maximum Gasteiger partial charge on any atom is 0.250 e. The number of hydrogen-bond donors (Lipinski definition) is 1. The van der Waals surface area contributed by atoms with Gasteiger partial charge in [0.05, 0.1) is 5.52 Å². The Morgan fingerprint density at radius 1 is 1.26 bits per heavy atom. The summed E-state index contributed by atoms with van der Waals surface area (Å²) in [5.74, 6) is -0.303. The third-order valence-electron chi connectivity index (χ3n) is 3.52. The van der Waals surface area contributed by atoms with Gasteiger partial charge in [0.15, 0.2) is 0 Å². The number of rotatable bonds is 4. The first-order valence-corrected chi connectivity index (χ1v) is 7.99. The van der Waals surface area contributed by atoms with E-state index >= 15 is 0 Å². The summed E-state index contributed by atoms with van der Waals surface area (Å²) in [5.41, 5.74) is 2.26. The van der Waals surface area contributed by atoms with Crippen molar-refractivity contribution in [2.45, 2.75) is 13.5 Å². The Balaban J connectivity index is 1.82. The molecule has 0 aliphatic heterocycles. The van der Waals surface area contributed by atoms with Crippen molar-refractivity contribution in [3.8, 4) is 0 Å². The van der Waals surface area contributed by atoms with Gasteiger partial charge in [0.25, 0.3) is 5.56 Å². The first kappa shape index (κ1) is 15.7. The minimum atomic E-state index is -0.303. The average molecular weight is 376 g/mol. The van der Waals surface area contributed by atoms with Crippen LogP contribution in [0.25, 0.3) is 10.9 Å². The fraction of sp³-hybridized carbons (Fsp3) is 0.176. The Bertz CT molecular complexity index is 918. The van der Waals surface area contributed by atoms with Crippen LogP contribution in [0.5, 0.6) is 0 Å². The highest BCUT2D eigenvalue weighted by atomic mass is 79.9. The van der Waals surface area contributed by atoms with Crippen molar-refractivity contribution in [1.29, 1.82) is 0 Å². The summed E-state index contributed by atoms with van der Waals surface area (Å²) >= 11 is 3.36. The predicted molar refractivity (Wildman–Crippen MR) is 93.3 cm³/mol. The third-order valence-corrected chi connectivity index (χ3v) is 3.98. The highest BCUT2D eigenvalue weighted by molar-refractivity contribution is 9.10. The minimum absolute atomic E-state index is 0.0483. The van der Waals surface area contributed by atoms with Crippen LogP contribution in [0.1, 0.15) is 5.69 Å². The number of pyridine rings is 2. The van der Waals surface area contributed by atoms with Crippen LogP contribution in [0, 0.1) is 12.7 Å². The number of nitrogens with zero attached hydrogens (tertiary/aromatic N) is 2. The van der Waals surface area contributed by atoms with Gasteiger partial charge in [-0.2, -0.15) is 0 Å². The summed E-state index contributed by atoms with van der Waals surface area (Å²) in [6.45, 7) is 2.98. The topological polar surface area (TPSA) is 46.9 Å². The summed E-state index contributed by atoms with van der Waals surface area (Å²) < 4.78 is 15.8. The molecule has 0 saturated heterocycles. The van der Waals surface area contributed by atoms with Gasteiger partial charge in [-0.25, -0.2) is 4.39 Å². The van der Waals surface area contributed by atoms with Crippen LogP contribution in [0.4, 0.5) is 10.1 Å². The molecule has 23 heavy (non-hydrogen) atoms. The summed E-state index contributed by atoms with van der Waals surface area (Å²) in [7, 11) is 0. The van der Waals surface area contributed by atoms with Crippen molar-refractivity contribution < 1.29 is 4.39 Å². The molecule has 0 fully saturated rings. The number of aromatic nitrogens is 2. The first-order valence-electron chi connectivity index (χ1n) is 7.20. The van der Waals surface area contributed by atoms with Crippen LogP contribution in [0.2, 0.25) is 0 Å². The quantitative estimate of drug-likeness (QED) is 0.755. The lowest BCUT2D eigenvalue weighted by atomic mass is 10.1. The van der Waals surface area contributed by atoms with E-state index in [4.69, 9.17) is 0 Å². The standard InChI is InChI=1S/C17H15BrFN3O/c1-11-8-15(14-4-3-13(19)9-16(14)21-11)20-6-7-22-10-12(18)2-5-17(22)23/h2-5,8-10H,6-7H2,1H3,(H,20,21). The lowest BCUT2D eigenvalue weighted by molar-refractivity contribution is 0.629. The van der Waals surface area contributed by atoms with Crippen molar-refractivity contribution >= 4 is 32.5 Å². The van der Waals surface area contributed by atoms with E-state index < -0.39 is 0 Å². The zero-order chi connectivity index (χ0) is 16.4. The second-order valence-corrected chi connectivity index (χ2v) is 6.19. The second-order valence-electron chi connectivity index (χ2n) is 5.28. The van der Waals surface area contributed by atoms with Crippen LogP contribution in [0.3, 0.4) is 0 Å². The number of fused-ring (bicyclic) bond motifs is 1. The molecule has 0 amide bonds. The van der Waals surface area contributed by atoms with Gasteiger partial charge in [-0.05, 0) is 47.1 Å². The number of nitrogens with one attached hydrogen (secondary N) is 1. The van der Waals surface area contributed by atoms with Gasteiger partial charge in [-0.3, -0.25) is 9.78 Å². The zero-order valence-corrected chi connectivity index (χ0v) is 14.1. The summed E-state index contributed by atoms with van der Waals surface area (Å²) in [6, 6.07) is 9.73. The molecule has 6 heteroatoms. The van der Waals surface area contributed by atoms with Crippen LogP contribution in [-0.2, 0) is 6.54 Å². The summed E-state index contributed by atoms with van der Waals surface area (Å²) in [4.78, 5) is 16.1. The number of benzene rings is 1. The van der Waals surface area contributed by atoms with Gasteiger partial charge in [-0.1, -0.05) is 0 Å². The van der Waals surface area contributed by atoms with Gasteiger partial charge in [0.2, 0.25) is 0 Å². The van der Waals surface area contributed by atoms with Gasteiger partial charge in [-0.15, -0.1) is 0 Å². The highest BCUT2D eigenvalue weighted by Gasteiger charge is 2.05. The van der Waals surface area contributed by atoms with E-state index in [-0.39, 0.29) is 11.4 Å². The van der Waals surface area contributed by atoms with Crippen molar-refractivity contribution in [1.82, 2.24) is 9.55 Å². The monoisotopic (exact) mass is 375 g/mol. The minimum Gasteiger partial charge on any atom is -0.383 e. The van der Waals surface area contributed by atoms with Crippen molar-refractivity contribution in [2.75, 3.05) is 11.9 Å². The number of halogens is 2. The van der Waals surface area contributed by atoms with E-state index in [1.54, 1.807) is 22.9 Å². The number of anilines is 1. The zero-order valence-electron chi connectivity index (χ0n) is 12.5. The van der Waals surface area contributed by atoms with E-state index in [1.165, 1.54) is 18.2 Å². The van der Waals surface area contributed by atoms with Crippen LogP contribution < -0.4 is 10.9 Å². The van der Waals surface area contributed by atoms with Crippen LogP contribution in [0.15, 0.2) is 51.9 Å². The van der Waals surface area contributed by atoms with E-state index in [1.807, 2.05) is 13.0 Å². The molecular formula is C17H15BrFN3O. The Labute approximate surface area is 141 Å². The van der Waals surface area contributed by atoms with Crippen molar-refractivity contribution in [2.24, 2.45) is 0 Å². The molecule has 0 unspecified atom stereocenters. The molecule has 0 radical (unpaired) electrons. The van der Waals surface area contributed by atoms with Crippen molar-refractivity contribution in [3.63, 3.8) is 0 Å². The summed E-state index contributed by atoms with van der Waals surface area (Å²) in [5, 5.41) is 4.17. The molecule has 0 spiro atoms. The molecule has 0 aliphatic carbocycles. The fourth-order valence-electron chi connectivity index (χ4n) is 2.47. The molecule has 0 bridgehead atoms. The lowest BCUT2D eigenvalue weighted by Gasteiger charge is -2.12. The molecule has 2 heterocycles. The molecule has 0 atom stereocenters. The molecule has 118 valence electrons. The molecule has 2 aromatic heterocycles. The van der Waals surface area contributed by atoms with Gasteiger partial charge in [0.1, 0.15) is 5.82 Å². The fourth-order valence-corrected chi connectivity index (χ4v) is 2.85. The van der Waals surface area contributed by atoms with E-state index in [0.717, 1.165) is 21.2 Å². The van der Waals surface area contributed by atoms with E-state index in [0.29, 0.717) is 18.6 Å². The lowest BCUT2D eigenvalue weighted by Crippen LogP contribution is -2.22. The van der Waals surface area contributed by atoms with Gasteiger partial charge in [0, 0.05) is 52.7 Å². The predicted octanol–water partition coefficient (Wildman–Crippen LogP) is 3.72. The highest BCUT2D eigenvalue weighted by Crippen LogP contribution is 2.23. The normalized spacial score (nSPS) is 10.9. The molecule has 0 saturated carbocycles. The largest absolute Gasteiger partial charge is 0.383 e. The Morgan fingerprint density at radius 2 is 2.09 bits per heavy atom. The second kappa shape index (κ2) is 6.50. The molecule has 3 rings (SSSR count). The first-order chi connectivity index (χ1) is 11.0. The molecule has 0 aliphatic rings. The van der Waals surface area contributed by atoms with Crippen LogP contribution >= 0.6 is 15.9 Å². The van der Waals surface area contributed by atoms with Gasteiger partial charge < -0.3 is 9.88 Å². The van der Waals surface area contributed by atoms with Crippen LogP contribution in [-0.4, -0.2) is 16.1 Å². The molecule has 1 N–H and O–H groups in total. The van der Waals surface area contributed by atoms with E-state index in [2.05, 4.69) is 26.2 Å².